The Morgan fingerprint density at radius 3 is 2.25 bits per heavy atom. The molecular weight excluding hydrogens is 448 g/mol. The molecule has 4 aromatic rings. The third kappa shape index (κ3) is 5.18. The number of ether oxygens (including phenoxy) is 1. The van der Waals surface area contributed by atoms with E-state index in [0.717, 1.165) is 22.8 Å². The van der Waals surface area contributed by atoms with Gasteiger partial charge in [-0.3, -0.25) is 4.79 Å². The van der Waals surface area contributed by atoms with Crippen LogP contribution in [0.4, 0.5) is 5.82 Å². The van der Waals surface area contributed by atoms with Crippen LogP contribution in [0.3, 0.4) is 0 Å². The van der Waals surface area contributed by atoms with Crippen molar-refractivity contribution in [2.75, 3.05) is 37.7 Å². The van der Waals surface area contributed by atoms with Crippen molar-refractivity contribution >= 4 is 22.5 Å². The topological polar surface area (TPSA) is 58.6 Å². The molecular formula is C30H32N4O2. The molecule has 0 saturated carbocycles. The third-order valence-corrected chi connectivity index (χ3v) is 6.76. The molecule has 0 bridgehead atoms. The maximum atomic E-state index is 12.7. The van der Waals surface area contributed by atoms with Gasteiger partial charge in [0.15, 0.2) is 12.4 Å². The molecule has 1 fully saturated rings. The lowest BCUT2D eigenvalue weighted by molar-refractivity contribution is -0.133. The fourth-order valence-corrected chi connectivity index (χ4v) is 4.56. The van der Waals surface area contributed by atoms with Gasteiger partial charge in [-0.15, -0.1) is 10.2 Å². The van der Waals surface area contributed by atoms with Gasteiger partial charge in [-0.05, 0) is 46.0 Å². The van der Waals surface area contributed by atoms with Crippen molar-refractivity contribution < 1.29 is 9.53 Å². The summed E-state index contributed by atoms with van der Waals surface area (Å²) in [6, 6.07) is 26.6. The average Bonchev–Trinajstić information content (AvgIpc) is 2.91. The van der Waals surface area contributed by atoms with E-state index in [4.69, 9.17) is 4.74 Å². The highest BCUT2D eigenvalue weighted by Gasteiger charge is 2.23. The number of carbonyl (C=O) groups excluding carboxylic acids is 1. The van der Waals surface area contributed by atoms with Gasteiger partial charge in [0.1, 0.15) is 5.75 Å². The van der Waals surface area contributed by atoms with Gasteiger partial charge in [0.05, 0.1) is 5.69 Å². The molecule has 1 aliphatic rings. The van der Waals surface area contributed by atoms with Crippen LogP contribution < -0.4 is 9.64 Å². The van der Waals surface area contributed by atoms with E-state index >= 15 is 0 Å². The maximum absolute atomic E-state index is 12.7. The molecule has 0 atom stereocenters. The van der Waals surface area contributed by atoms with Crippen LogP contribution >= 0.6 is 0 Å². The second-order valence-corrected chi connectivity index (χ2v) is 10.2. The average molecular weight is 481 g/mol. The standard InChI is InChI=1S/C30H32N4O2/c1-30(2,3)23-11-13-24(14-12-23)36-21-29(35)34-19-17-33(18-20-34)28-16-15-27(31-32-28)26-10-6-8-22-7-4-5-9-25(22)26/h4-16H,17-21H2,1-3H3. The fourth-order valence-electron chi connectivity index (χ4n) is 4.56. The van der Waals surface area contributed by atoms with Crippen LogP contribution in [0.25, 0.3) is 22.0 Å². The molecule has 5 rings (SSSR count). The molecule has 6 heteroatoms. The molecule has 2 heterocycles. The normalized spacial score (nSPS) is 14.2. The molecule has 36 heavy (non-hydrogen) atoms. The summed E-state index contributed by atoms with van der Waals surface area (Å²) in [4.78, 5) is 16.7. The largest absolute Gasteiger partial charge is 0.484 e. The summed E-state index contributed by atoms with van der Waals surface area (Å²) in [6.07, 6.45) is 0. The molecule has 184 valence electrons. The van der Waals surface area contributed by atoms with Crippen molar-refractivity contribution in [3.8, 4) is 17.0 Å². The summed E-state index contributed by atoms with van der Waals surface area (Å²) in [5.74, 6) is 1.56. The number of hydrogen-bond acceptors (Lipinski definition) is 5. The number of anilines is 1. The number of nitrogens with zero attached hydrogens (tertiary/aromatic N) is 4. The van der Waals surface area contributed by atoms with Crippen LogP contribution in [-0.2, 0) is 10.2 Å². The van der Waals surface area contributed by atoms with Crippen LogP contribution in [0.15, 0.2) is 78.9 Å². The van der Waals surface area contributed by atoms with Crippen LogP contribution in [-0.4, -0.2) is 53.8 Å². The molecule has 0 aliphatic carbocycles. The van der Waals surface area contributed by atoms with Crippen LogP contribution in [0, 0.1) is 0 Å². The van der Waals surface area contributed by atoms with Crippen molar-refractivity contribution in [2.24, 2.45) is 0 Å². The van der Waals surface area contributed by atoms with Gasteiger partial charge in [-0.2, -0.15) is 0 Å². The molecule has 0 spiro atoms. The second kappa shape index (κ2) is 9.97. The molecule has 1 aliphatic heterocycles. The number of carbonyl (C=O) groups is 1. The third-order valence-electron chi connectivity index (χ3n) is 6.76. The van der Waals surface area contributed by atoms with Crippen molar-refractivity contribution in [3.63, 3.8) is 0 Å². The van der Waals surface area contributed by atoms with Crippen molar-refractivity contribution in [2.45, 2.75) is 26.2 Å². The molecule has 0 unspecified atom stereocenters. The van der Waals surface area contributed by atoms with Gasteiger partial charge in [-0.25, -0.2) is 0 Å². The number of aromatic nitrogens is 2. The highest BCUT2D eigenvalue weighted by atomic mass is 16.5. The van der Waals surface area contributed by atoms with Crippen molar-refractivity contribution in [3.05, 3.63) is 84.4 Å². The summed E-state index contributed by atoms with van der Waals surface area (Å²) < 4.78 is 5.76. The smallest absolute Gasteiger partial charge is 0.260 e. The van der Waals surface area contributed by atoms with Gasteiger partial charge in [-0.1, -0.05) is 75.4 Å². The minimum Gasteiger partial charge on any atom is -0.484 e. The Kier molecular flexibility index (Phi) is 6.59. The summed E-state index contributed by atoms with van der Waals surface area (Å²) in [7, 11) is 0. The first-order chi connectivity index (χ1) is 17.4. The monoisotopic (exact) mass is 480 g/mol. The number of piperazine rings is 1. The summed E-state index contributed by atoms with van der Waals surface area (Å²) in [5, 5.41) is 11.4. The van der Waals surface area contributed by atoms with Crippen LogP contribution in [0.5, 0.6) is 5.75 Å². The predicted octanol–water partition coefficient (Wildman–Crippen LogP) is 5.32. The summed E-state index contributed by atoms with van der Waals surface area (Å²) >= 11 is 0. The number of fused-ring (bicyclic) bond motifs is 1. The molecule has 6 nitrogen and oxygen atoms in total. The number of amides is 1. The second-order valence-electron chi connectivity index (χ2n) is 10.2. The lowest BCUT2D eigenvalue weighted by atomic mass is 9.87. The minimum atomic E-state index is 0.00642. The van der Waals surface area contributed by atoms with E-state index in [0.29, 0.717) is 26.2 Å². The molecule has 1 aromatic heterocycles. The van der Waals surface area contributed by atoms with E-state index in [1.54, 1.807) is 0 Å². The van der Waals surface area contributed by atoms with E-state index in [2.05, 4.69) is 72.3 Å². The maximum Gasteiger partial charge on any atom is 0.260 e. The zero-order chi connectivity index (χ0) is 25.1. The summed E-state index contributed by atoms with van der Waals surface area (Å²) in [6.45, 7) is 9.29. The van der Waals surface area contributed by atoms with E-state index in [9.17, 15) is 4.79 Å². The quantitative estimate of drug-likeness (QED) is 0.387. The van der Waals surface area contributed by atoms with Gasteiger partial charge in [0.25, 0.3) is 5.91 Å². The van der Waals surface area contributed by atoms with E-state index in [1.807, 2.05) is 47.4 Å². The number of hydrogen-bond donors (Lipinski definition) is 0. The zero-order valence-corrected chi connectivity index (χ0v) is 21.1. The highest BCUT2D eigenvalue weighted by Crippen LogP contribution is 2.28. The highest BCUT2D eigenvalue weighted by molar-refractivity contribution is 5.95. The van der Waals surface area contributed by atoms with Gasteiger partial charge < -0.3 is 14.5 Å². The lowest BCUT2D eigenvalue weighted by Crippen LogP contribution is -2.50. The Morgan fingerprint density at radius 2 is 1.56 bits per heavy atom. The molecule has 1 saturated heterocycles. The van der Waals surface area contributed by atoms with Crippen LogP contribution in [0.2, 0.25) is 0 Å². The first-order valence-electron chi connectivity index (χ1n) is 12.5. The molecule has 0 N–H and O–H groups in total. The van der Waals surface area contributed by atoms with Crippen LogP contribution in [0.1, 0.15) is 26.3 Å². The Hall–Kier alpha value is -3.93. The van der Waals surface area contributed by atoms with E-state index < -0.39 is 0 Å². The van der Waals surface area contributed by atoms with E-state index in [1.165, 1.54) is 16.3 Å². The number of rotatable bonds is 5. The minimum absolute atomic E-state index is 0.00642. The zero-order valence-electron chi connectivity index (χ0n) is 21.1. The van der Waals surface area contributed by atoms with E-state index in [-0.39, 0.29) is 17.9 Å². The Labute approximate surface area is 212 Å². The fraction of sp³-hybridized carbons (Fsp3) is 0.300. The number of benzene rings is 3. The lowest BCUT2D eigenvalue weighted by Gasteiger charge is -2.35. The van der Waals surface area contributed by atoms with Gasteiger partial charge >= 0.3 is 0 Å². The Balaban J connectivity index is 1.15. The molecule has 3 aromatic carbocycles. The first kappa shape index (κ1) is 23.8. The Bertz CT molecular complexity index is 1330. The predicted molar refractivity (Wildman–Crippen MR) is 144 cm³/mol. The van der Waals surface area contributed by atoms with Gasteiger partial charge in [0, 0.05) is 31.7 Å². The molecule has 1 amide bonds. The van der Waals surface area contributed by atoms with Crippen molar-refractivity contribution in [1.82, 2.24) is 15.1 Å². The SMILES string of the molecule is CC(C)(C)c1ccc(OCC(=O)N2CCN(c3ccc(-c4cccc5ccccc45)nn3)CC2)cc1. The first-order valence-corrected chi connectivity index (χ1v) is 12.5. The molecule has 0 radical (unpaired) electrons. The van der Waals surface area contributed by atoms with Gasteiger partial charge in [0.2, 0.25) is 0 Å². The summed E-state index contributed by atoms with van der Waals surface area (Å²) in [5.41, 5.74) is 3.27. The van der Waals surface area contributed by atoms with Crippen molar-refractivity contribution in [1.29, 1.82) is 0 Å². The Morgan fingerprint density at radius 1 is 0.833 bits per heavy atom.